The molecule has 2 aliphatic heterocycles. The summed E-state index contributed by atoms with van der Waals surface area (Å²) in [6, 6.07) is 4.23. The highest BCUT2D eigenvalue weighted by atomic mass is 127. The van der Waals surface area contributed by atoms with Gasteiger partial charge >= 0.3 is 0 Å². The van der Waals surface area contributed by atoms with Gasteiger partial charge in [-0.25, -0.2) is 0 Å². The number of phenols is 1. The molecule has 2 aliphatic carbocycles. The summed E-state index contributed by atoms with van der Waals surface area (Å²) in [4.78, 5) is 2.43. The summed E-state index contributed by atoms with van der Waals surface area (Å²) >= 11 is 0. The lowest BCUT2D eigenvalue weighted by molar-refractivity contribution is -0.0453. The maximum Gasteiger partial charge on any atom is 0.165 e. The second kappa shape index (κ2) is 4.61. The molecular formula is C17H20INO3. The lowest BCUT2D eigenvalue weighted by Gasteiger charge is -2.56. The summed E-state index contributed by atoms with van der Waals surface area (Å²) in [5.41, 5.74) is 2.29. The van der Waals surface area contributed by atoms with Crippen molar-refractivity contribution in [2.45, 2.75) is 36.5 Å². The summed E-state index contributed by atoms with van der Waals surface area (Å²) in [6.07, 6.45) is 5.18. The number of likely N-dealkylation sites (tertiary alicyclic amines) is 1. The van der Waals surface area contributed by atoms with Gasteiger partial charge in [0.1, 0.15) is 12.2 Å². The van der Waals surface area contributed by atoms with Crippen molar-refractivity contribution < 1.29 is 14.9 Å². The Morgan fingerprint density at radius 1 is 1.32 bits per heavy atom. The Morgan fingerprint density at radius 2 is 2.14 bits per heavy atom. The van der Waals surface area contributed by atoms with E-state index in [-0.39, 0.29) is 41.2 Å². The third-order valence-electron chi connectivity index (χ3n) is 6.15. The van der Waals surface area contributed by atoms with E-state index in [4.69, 9.17) is 4.74 Å². The highest BCUT2D eigenvalue weighted by Gasteiger charge is 2.64. The first-order chi connectivity index (χ1) is 10.1. The van der Waals surface area contributed by atoms with Crippen molar-refractivity contribution in [2.24, 2.45) is 5.92 Å². The van der Waals surface area contributed by atoms with Crippen LogP contribution < -0.4 is 4.74 Å². The zero-order valence-corrected chi connectivity index (χ0v) is 14.7. The van der Waals surface area contributed by atoms with Gasteiger partial charge in [-0.15, -0.1) is 24.0 Å². The molecule has 0 amide bonds. The van der Waals surface area contributed by atoms with Gasteiger partial charge in [0.2, 0.25) is 0 Å². The molecule has 0 aromatic heterocycles. The lowest BCUT2D eigenvalue weighted by Crippen LogP contribution is -2.64. The topological polar surface area (TPSA) is 52.9 Å². The van der Waals surface area contributed by atoms with Gasteiger partial charge in [0.15, 0.2) is 11.5 Å². The number of rotatable bonds is 0. The molecule has 1 aromatic carbocycles. The van der Waals surface area contributed by atoms with Crippen LogP contribution in [0.25, 0.3) is 0 Å². The van der Waals surface area contributed by atoms with Gasteiger partial charge in [-0.05, 0) is 38.1 Å². The number of likely N-dealkylation sites (N-methyl/N-ethyl adjacent to an activating group) is 1. The van der Waals surface area contributed by atoms with E-state index in [1.54, 1.807) is 6.07 Å². The predicted molar refractivity (Wildman–Crippen MR) is 93.0 cm³/mol. The zero-order chi connectivity index (χ0) is 14.4. The summed E-state index contributed by atoms with van der Waals surface area (Å²) in [6.45, 7) is 1.01. The van der Waals surface area contributed by atoms with Crippen molar-refractivity contribution in [3.8, 4) is 11.5 Å². The van der Waals surface area contributed by atoms with Gasteiger partial charge in [0, 0.05) is 22.9 Å². The number of hydrogen-bond acceptors (Lipinski definition) is 4. The predicted octanol–water partition coefficient (Wildman–Crippen LogP) is 1.82. The van der Waals surface area contributed by atoms with Crippen LogP contribution in [0.4, 0.5) is 0 Å². The molecule has 0 unspecified atom stereocenters. The molecule has 4 nitrogen and oxygen atoms in total. The Bertz CT molecular complexity index is 676. The Kier molecular flexibility index (Phi) is 3.10. The van der Waals surface area contributed by atoms with Crippen molar-refractivity contribution >= 4 is 24.0 Å². The minimum atomic E-state index is -0.594. The summed E-state index contributed by atoms with van der Waals surface area (Å²) in [5.74, 6) is 1.19. The van der Waals surface area contributed by atoms with Crippen LogP contribution in [0, 0.1) is 5.92 Å². The van der Waals surface area contributed by atoms with E-state index < -0.39 is 6.10 Å². The fourth-order valence-electron chi connectivity index (χ4n) is 5.24. The van der Waals surface area contributed by atoms with E-state index in [9.17, 15) is 10.2 Å². The smallest absolute Gasteiger partial charge is 0.165 e. The molecule has 2 bridgehead atoms. The van der Waals surface area contributed by atoms with Crippen LogP contribution in [0.5, 0.6) is 11.5 Å². The van der Waals surface area contributed by atoms with Gasteiger partial charge < -0.3 is 19.8 Å². The highest BCUT2D eigenvalue weighted by molar-refractivity contribution is 14.0. The van der Waals surface area contributed by atoms with Crippen LogP contribution in [-0.4, -0.2) is 47.0 Å². The third kappa shape index (κ3) is 1.50. The number of aromatic hydroxyl groups is 1. The minimum Gasteiger partial charge on any atom is -0.504 e. The van der Waals surface area contributed by atoms with E-state index in [1.807, 2.05) is 12.1 Å². The van der Waals surface area contributed by atoms with Crippen LogP contribution in [0.15, 0.2) is 24.3 Å². The van der Waals surface area contributed by atoms with E-state index in [0.717, 1.165) is 19.4 Å². The molecule has 1 saturated heterocycles. The van der Waals surface area contributed by atoms with Gasteiger partial charge in [0.25, 0.3) is 0 Å². The quantitative estimate of drug-likeness (QED) is 0.504. The Labute approximate surface area is 146 Å². The third-order valence-corrected chi connectivity index (χ3v) is 6.15. The molecule has 4 aliphatic rings. The number of piperidine rings is 1. The summed E-state index contributed by atoms with van der Waals surface area (Å²) < 4.78 is 6.09. The monoisotopic (exact) mass is 413 g/mol. The van der Waals surface area contributed by atoms with E-state index in [1.165, 1.54) is 11.1 Å². The minimum absolute atomic E-state index is 0. The summed E-state index contributed by atoms with van der Waals surface area (Å²) in [5, 5.41) is 20.6. The van der Waals surface area contributed by atoms with Crippen molar-refractivity contribution in [3.05, 3.63) is 35.4 Å². The molecule has 2 heterocycles. The SMILES string of the molecule is CN1CC[C@]23c4c5ccc(O)c4O[C@H]2[C@@H](O)C=C[C@H]3[C@H]1C5.I. The van der Waals surface area contributed by atoms with Crippen LogP contribution >= 0.6 is 24.0 Å². The van der Waals surface area contributed by atoms with Gasteiger partial charge in [-0.3, -0.25) is 0 Å². The molecule has 0 saturated carbocycles. The van der Waals surface area contributed by atoms with E-state index >= 15 is 0 Å². The average molecular weight is 413 g/mol. The van der Waals surface area contributed by atoms with Crippen molar-refractivity contribution in [1.82, 2.24) is 4.90 Å². The van der Waals surface area contributed by atoms with Crippen molar-refractivity contribution in [1.29, 1.82) is 0 Å². The number of phenolic OH excluding ortho intramolecular Hbond substituents is 1. The van der Waals surface area contributed by atoms with Crippen molar-refractivity contribution in [3.63, 3.8) is 0 Å². The first-order valence-electron chi connectivity index (χ1n) is 7.71. The van der Waals surface area contributed by atoms with E-state index in [0.29, 0.717) is 17.7 Å². The molecule has 22 heavy (non-hydrogen) atoms. The fraction of sp³-hybridized carbons (Fsp3) is 0.529. The largest absolute Gasteiger partial charge is 0.504 e. The number of hydrogen-bond donors (Lipinski definition) is 2. The van der Waals surface area contributed by atoms with Crippen LogP contribution in [0.2, 0.25) is 0 Å². The Balaban J connectivity index is 0.00000125. The molecule has 2 N–H and O–H groups in total. The first kappa shape index (κ1) is 14.8. The maximum atomic E-state index is 10.4. The molecule has 0 radical (unpaired) electrons. The maximum absolute atomic E-state index is 10.4. The first-order valence-corrected chi connectivity index (χ1v) is 7.71. The van der Waals surface area contributed by atoms with Crippen LogP contribution in [-0.2, 0) is 11.8 Å². The lowest BCUT2D eigenvalue weighted by atomic mass is 9.53. The normalized spacial score (nSPS) is 40.6. The van der Waals surface area contributed by atoms with Crippen molar-refractivity contribution in [2.75, 3.05) is 13.6 Å². The molecule has 1 aromatic rings. The zero-order valence-electron chi connectivity index (χ0n) is 12.4. The second-order valence-corrected chi connectivity index (χ2v) is 6.93. The molecule has 5 atom stereocenters. The molecular weight excluding hydrogens is 393 g/mol. The molecule has 1 fully saturated rings. The van der Waals surface area contributed by atoms with Gasteiger partial charge in [-0.2, -0.15) is 0 Å². The molecule has 5 heteroatoms. The summed E-state index contributed by atoms with van der Waals surface area (Å²) in [7, 11) is 2.19. The standard InChI is InChI=1S/C17H19NO3.HI/c1-18-7-6-17-10-3-5-13(20)16(17)21-15-12(19)4-2-9(14(15)17)8-11(10)18;/h2-5,10-11,13,16,19-20H,6-8H2,1H3;1H/t10-,11+,13-,16-,17-;/m0./s1. The number of aliphatic hydroxyl groups is 1. The highest BCUT2D eigenvalue weighted by Crippen LogP contribution is 2.62. The number of halogens is 1. The number of aliphatic hydroxyl groups excluding tert-OH is 1. The second-order valence-electron chi connectivity index (χ2n) is 6.93. The molecule has 118 valence electrons. The fourth-order valence-corrected chi connectivity index (χ4v) is 5.24. The number of ether oxygens (including phenoxy) is 1. The average Bonchev–Trinajstić information content (AvgIpc) is 2.83. The van der Waals surface area contributed by atoms with Gasteiger partial charge in [0.05, 0.1) is 0 Å². The molecule has 1 spiro atoms. The Morgan fingerprint density at radius 3 is 2.95 bits per heavy atom. The van der Waals surface area contributed by atoms with Crippen LogP contribution in [0.3, 0.4) is 0 Å². The molecule has 5 rings (SSSR count). The van der Waals surface area contributed by atoms with E-state index in [2.05, 4.69) is 18.0 Å². The van der Waals surface area contributed by atoms with Gasteiger partial charge in [-0.1, -0.05) is 18.2 Å². The number of nitrogens with zero attached hydrogens (tertiary/aromatic N) is 1. The number of benzene rings is 1. The Hall–Kier alpha value is -0.790. The van der Waals surface area contributed by atoms with Crippen LogP contribution in [0.1, 0.15) is 17.5 Å².